The first kappa shape index (κ1) is 12.0. The van der Waals surface area contributed by atoms with Crippen molar-refractivity contribution in [2.45, 2.75) is 12.8 Å². The van der Waals surface area contributed by atoms with Crippen LogP contribution >= 0.6 is 0 Å². The van der Waals surface area contributed by atoms with Gasteiger partial charge < -0.3 is 9.13 Å². The van der Waals surface area contributed by atoms with Crippen LogP contribution in [0.5, 0.6) is 0 Å². The van der Waals surface area contributed by atoms with Gasteiger partial charge in [-0.05, 0) is 45.9 Å². The maximum atomic E-state index is 3.32. The minimum Gasteiger partial charge on any atom is -0.326 e. The van der Waals surface area contributed by atoms with E-state index in [1.54, 1.807) is 0 Å². The molecule has 1 heterocycles. The molecule has 106 valence electrons. The van der Waals surface area contributed by atoms with Crippen molar-refractivity contribution in [3.05, 3.63) is 71.8 Å². The molecule has 0 saturated heterocycles. The lowest BCUT2D eigenvalue weighted by atomic mass is 9.81. The molecule has 0 fully saturated rings. The van der Waals surface area contributed by atoms with E-state index in [9.17, 15) is 0 Å². The van der Waals surface area contributed by atoms with Crippen molar-refractivity contribution >= 4 is 22.4 Å². The monoisotopic (exact) mass is 284 g/mol. The summed E-state index contributed by atoms with van der Waals surface area (Å²) in [6.45, 7) is 0. The normalized spacial score (nSPS) is 15.2. The number of aryl methyl sites for hydroxylation is 1. The molecule has 22 heavy (non-hydrogen) atoms. The van der Waals surface area contributed by atoms with Gasteiger partial charge in [0.15, 0.2) is 0 Å². The number of nitrogens with zero attached hydrogens (tertiary/aromatic N) is 2. The van der Waals surface area contributed by atoms with E-state index < -0.39 is 0 Å². The fourth-order valence-corrected chi connectivity index (χ4v) is 3.75. The molecule has 0 radical (unpaired) electrons. The van der Waals surface area contributed by atoms with Crippen LogP contribution < -0.4 is 4.57 Å². The molecule has 5 rings (SSSR count). The fourth-order valence-electron chi connectivity index (χ4n) is 3.75. The van der Waals surface area contributed by atoms with Crippen LogP contribution in [0.3, 0.4) is 0 Å². The predicted molar refractivity (Wildman–Crippen MR) is 88.6 cm³/mol. The first-order valence-electron chi connectivity index (χ1n) is 7.72. The van der Waals surface area contributed by atoms with E-state index in [-0.39, 0.29) is 0 Å². The summed E-state index contributed by atoms with van der Waals surface area (Å²) in [5.74, 6) is 0. The van der Waals surface area contributed by atoms with E-state index in [0.29, 0.717) is 0 Å². The van der Waals surface area contributed by atoms with Gasteiger partial charge >= 0.3 is 0 Å². The summed E-state index contributed by atoms with van der Waals surface area (Å²) in [6, 6.07) is 9.01. The number of imidazole rings is 1. The highest BCUT2D eigenvalue weighted by Gasteiger charge is 2.20. The molecule has 0 aliphatic heterocycles. The van der Waals surface area contributed by atoms with Crippen LogP contribution in [0.15, 0.2) is 48.8 Å². The topological polar surface area (TPSA) is 8.81 Å². The molecule has 2 aromatic carbocycles. The number of hydrogen-bond donors (Lipinski definition) is 0. The SMILES string of the molecule is C[n+]1[c-]n(-c2ccc3c4c5c(ccc24)C=CCC5=CC3)cc1. The molecule has 0 N–H and O–H groups in total. The lowest BCUT2D eigenvalue weighted by molar-refractivity contribution is -0.674. The molecule has 0 atom stereocenters. The lowest BCUT2D eigenvalue weighted by Crippen LogP contribution is -2.24. The van der Waals surface area contributed by atoms with Crippen LogP contribution in [0.4, 0.5) is 0 Å². The van der Waals surface area contributed by atoms with Crippen LogP contribution in [0.1, 0.15) is 23.1 Å². The molecule has 0 spiro atoms. The number of rotatable bonds is 1. The van der Waals surface area contributed by atoms with Crippen molar-refractivity contribution in [3.63, 3.8) is 0 Å². The van der Waals surface area contributed by atoms with Crippen molar-refractivity contribution in [1.82, 2.24) is 4.57 Å². The molecule has 2 aliphatic rings. The van der Waals surface area contributed by atoms with Gasteiger partial charge in [-0.15, -0.1) is 0 Å². The Kier molecular flexibility index (Phi) is 2.29. The zero-order valence-corrected chi connectivity index (χ0v) is 12.5. The van der Waals surface area contributed by atoms with Gasteiger partial charge in [0, 0.05) is 12.4 Å². The Bertz CT molecular complexity index is 986. The smallest absolute Gasteiger partial charge is 0.243 e. The quantitative estimate of drug-likeness (QED) is 0.477. The average molecular weight is 284 g/mol. The first-order valence-corrected chi connectivity index (χ1v) is 7.72. The summed E-state index contributed by atoms with van der Waals surface area (Å²) < 4.78 is 4.04. The highest BCUT2D eigenvalue weighted by molar-refractivity contribution is 6.05. The molecule has 0 saturated carbocycles. The molecule has 1 aromatic heterocycles. The largest absolute Gasteiger partial charge is 0.326 e. The van der Waals surface area contributed by atoms with E-state index in [0.717, 1.165) is 12.8 Å². The summed E-state index contributed by atoms with van der Waals surface area (Å²) in [7, 11) is 2.00. The molecule has 0 amide bonds. The maximum absolute atomic E-state index is 3.32. The Labute approximate surface area is 129 Å². The highest BCUT2D eigenvalue weighted by atomic mass is 15.1. The summed E-state index contributed by atoms with van der Waals surface area (Å²) in [5.41, 5.74) is 6.92. The minimum absolute atomic E-state index is 1.04. The van der Waals surface area contributed by atoms with Gasteiger partial charge in [-0.3, -0.25) is 0 Å². The van der Waals surface area contributed by atoms with Crippen molar-refractivity contribution in [1.29, 1.82) is 0 Å². The maximum Gasteiger partial charge on any atom is 0.243 e. The number of aromatic nitrogens is 2. The molecule has 2 heteroatoms. The van der Waals surface area contributed by atoms with Gasteiger partial charge in [0.05, 0.1) is 12.7 Å². The lowest BCUT2D eigenvalue weighted by Gasteiger charge is -2.24. The van der Waals surface area contributed by atoms with E-state index in [4.69, 9.17) is 0 Å². The second-order valence-corrected chi connectivity index (χ2v) is 6.12. The third-order valence-corrected chi connectivity index (χ3v) is 4.77. The Morgan fingerprint density at radius 3 is 2.95 bits per heavy atom. The van der Waals surface area contributed by atoms with Gasteiger partial charge in [-0.1, -0.05) is 42.5 Å². The van der Waals surface area contributed by atoms with Crippen LogP contribution in [0.2, 0.25) is 0 Å². The second kappa shape index (κ2) is 4.20. The van der Waals surface area contributed by atoms with E-state index >= 15 is 0 Å². The summed E-state index contributed by atoms with van der Waals surface area (Å²) in [5, 5.41) is 2.76. The standard InChI is InChI=1S/C20H16N2/c1-21-11-12-22(13-21)18-10-8-16-6-5-14-3-2-4-15-7-9-17(18)20(16)19(14)15/h2,4-5,7-12H,3,6H2,1H3. The Balaban J connectivity index is 1.91. The third kappa shape index (κ3) is 1.52. The summed E-state index contributed by atoms with van der Waals surface area (Å²) in [4.78, 5) is 0. The number of allylic oxidation sites excluding steroid dienone is 3. The molecule has 0 bridgehead atoms. The molecule has 0 unspecified atom stereocenters. The molecule has 3 aromatic rings. The Hall–Kier alpha value is -2.61. The average Bonchev–Trinajstić information content (AvgIpc) is 2.99. The molecule has 2 aliphatic carbocycles. The van der Waals surface area contributed by atoms with Gasteiger partial charge in [-0.2, -0.15) is 0 Å². The van der Waals surface area contributed by atoms with E-state index in [1.807, 2.05) is 17.8 Å². The third-order valence-electron chi connectivity index (χ3n) is 4.77. The van der Waals surface area contributed by atoms with Crippen LogP contribution in [-0.4, -0.2) is 4.57 Å². The number of benzene rings is 2. The van der Waals surface area contributed by atoms with E-state index in [1.165, 1.54) is 38.7 Å². The molecular weight excluding hydrogens is 268 g/mol. The Morgan fingerprint density at radius 2 is 2.09 bits per heavy atom. The van der Waals surface area contributed by atoms with Crippen LogP contribution in [0, 0.1) is 6.33 Å². The zero-order valence-electron chi connectivity index (χ0n) is 12.5. The zero-order chi connectivity index (χ0) is 14.7. The Morgan fingerprint density at radius 1 is 1.14 bits per heavy atom. The van der Waals surface area contributed by atoms with Gasteiger partial charge in [0.2, 0.25) is 6.33 Å². The van der Waals surface area contributed by atoms with E-state index in [2.05, 4.69) is 59.6 Å². The second-order valence-electron chi connectivity index (χ2n) is 6.12. The summed E-state index contributed by atoms with van der Waals surface area (Å²) >= 11 is 0. The molecular formula is C20H16N2. The molecule has 2 nitrogen and oxygen atoms in total. The summed E-state index contributed by atoms with van der Waals surface area (Å²) in [6.07, 6.45) is 16.4. The number of hydrogen-bond acceptors (Lipinski definition) is 0. The van der Waals surface area contributed by atoms with Crippen molar-refractivity contribution < 1.29 is 4.57 Å². The first-order chi connectivity index (χ1) is 10.8. The van der Waals surface area contributed by atoms with Gasteiger partial charge in [0.1, 0.15) is 0 Å². The van der Waals surface area contributed by atoms with Crippen molar-refractivity contribution in [2.75, 3.05) is 0 Å². The van der Waals surface area contributed by atoms with Crippen molar-refractivity contribution in [3.8, 4) is 5.69 Å². The minimum atomic E-state index is 1.04. The van der Waals surface area contributed by atoms with Crippen LogP contribution in [0.25, 0.3) is 28.1 Å². The fraction of sp³-hybridized carbons (Fsp3) is 0.150. The van der Waals surface area contributed by atoms with Crippen LogP contribution in [-0.2, 0) is 13.5 Å². The van der Waals surface area contributed by atoms with Gasteiger partial charge in [0.25, 0.3) is 0 Å². The predicted octanol–water partition coefficient (Wildman–Crippen LogP) is 3.61. The highest BCUT2D eigenvalue weighted by Crippen LogP contribution is 2.41. The van der Waals surface area contributed by atoms with Gasteiger partial charge in [-0.25, -0.2) is 0 Å². The van der Waals surface area contributed by atoms with Crippen molar-refractivity contribution in [2.24, 2.45) is 7.05 Å².